The molecule has 0 atom stereocenters. The summed E-state index contributed by atoms with van der Waals surface area (Å²) in [5.74, 6) is -0.456. The number of hydrogen-bond donors (Lipinski definition) is 1. The molecule has 31 heavy (non-hydrogen) atoms. The molecule has 0 aliphatic carbocycles. The van der Waals surface area contributed by atoms with E-state index in [0.29, 0.717) is 28.3 Å². The Hall–Kier alpha value is -3.89. The van der Waals surface area contributed by atoms with Gasteiger partial charge in [0.2, 0.25) is 0 Å². The first kappa shape index (κ1) is 20.4. The zero-order chi connectivity index (χ0) is 22.2. The zero-order valence-corrected chi connectivity index (χ0v) is 16.2. The molecule has 0 radical (unpaired) electrons. The first-order chi connectivity index (χ1) is 14.7. The highest BCUT2D eigenvalue weighted by molar-refractivity contribution is 5.81. The largest absolute Gasteiger partial charge is 0.487 e. The zero-order valence-electron chi connectivity index (χ0n) is 16.2. The molecule has 0 saturated carbocycles. The first-order valence-electron chi connectivity index (χ1n) is 9.11. The highest BCUT2D eigenvalue weighted by Gasteiger charge is 2.30. The molecular formula is C20H16F3N5O3. The third kappa shape index (κ3) is 4.34. The molecule has 0 spiro atoms. The van der Waals surface area contributed by atoms with Gasteiger partial charge in [0.05, 0.1) is 28.7 Å². The average Bonchev–Trinajstić information content (AvgIpc) is 3.28. The van der Waals surface area contributed by atoms with Crippen LogP contribution >= 0.6 is 0 Å². The van der Waals surface area contributed by atoms with Crippen LogP contribution in [0.3, 0.4) is 0 Å². The molecule has 2 aromatic heterocycles. The number of hydrogen-bond acceptors (Lipinski definition) is 5. The van der Waals surface area contributed by atoms with Gasteiger partial charge in [-0.2, -0.15) is 28.2 Å². The molecule has 4 rings (SSSR count). The van der Waals surface area contributed by atoms with Crippen LogP contribution in [0.4, 0.5) is 13.2 Å². The molecule has 11 heteroatoms. The fraction of sp³-hybridized carbons (Fsp3) is 0.200. The van der Waals surface area contributed by atoms with Gasteiger partial charge < -0.3 is 9.84 Å². The number of aryl methyl sites for hydroxylation is 1. The van der Waals surface area contributed by atoms with Crippen LogP contribution in [-0.4, -0.2) is 35.9 Å². The second-order valence-electron chi connectivity index (χ2n) is 6.77. The van der Waals surface area contributed by atoms with Crippen LogP contribution in [-0.2, 0) is 24.1 Å². The number of carboxylic acids is 1. The summed E-state index contributed by atoms with van der Waals surface area (Å²) < 4.78 is 45.3. The molecular weight excluding hydrogens is 415 g/mol. The van der Waals surface area contributed by atoms with Crippen molar-refractivity contribution in [2.24, 2.45) is 0 Å². The van der Waals surface area contributed by atoms with Gasteiger partial charge in [-0.25, -0.2) is 0 Å². The number of halogens is 3. The standard InChI is InChI=1S/C20H16F3N5O3/c1-12-17(26-28(25-12)15-4-2-14(3-5-15)20(21,22)23)11-31-16-6-7-18-13(8-16)9-24-27(18)10-19(29)30/h2-9H,10-11H2,1H3,(H,29,30). The number of carbonyl (C=O) groups is 1. The van der Waals surface area contributed by atoms with E-state index in [1.807, 2.05) is 0 Å². The Morgan fingerprint density at radius 1 is 1.13 bits per heavy atom. The molecule has 4 aromatic rings. The van der Waals surface area contributed by atoms with Crippen molar-refractivity contribution in [3.05, 3.63) is 65.6 Å². The number of aliphatic carboxylic acids is 1. The van der Waals surface area contributed by atoms with Crippen LogP contribution < -0.4 is 4.74 Å². The van der Waals surface area contributed by atoms with E-state index in [1.165, 1.54) is 21.6 Å². The summed E-state index contributed by atoms with van der Waals surface area (Å²) in [6, 6.07) is 9.69. The van der Waals surface area contributed by atoms with Crippen LogP contribution in [0.5, 0.6) is 5.75 Å². The molecule has 2 aromatic carbocycles. The molecule has 0 unspecified atom stereocenters. The minimum absolute atomic E-state index is 0.0985. The molecule has 0 bridgehead atoms. The molecule has 0 fully saturated rings. The van der Waals surface area contributed by atoms with Crippen molar-refractivity contribution in [3.63, 3.8) is 0 Å². The normalized spacial score (nSPS) is 11.7. The van der Waals surface area contributed by atoms with E-state index in [1.54, 1.807) is 31.3 Å². The van der Waals surface area contributed by atoms with Gasteiger partial charge in [-0.3, -0.25) is 9.48 Å². The lowest BCUT2D eigenvalue weighted by atomic mass is 10.2. The highest BCUT2D eigenvalue weighted by atomic mass is 19.4. The quantitative estimate of drug-likeness (QED) is 0.501. The van der Waals surface area contributed by atoms with Crippen molar-refractivity contribution in [3.8, 4) is 11.4 Å². The van der Waals surface area contributed by atoms with Crippen LogP contribution in [0.15, 0.2) is 48.7 Å². The van der Waals surface area contributed by atoms with E-state index in [4.69, 9.17) is 9.84 Å². The summed E-state index contributed by atoms with van der Waals surface area (Å²) in [6.45, 7) is 1.59. The second-order valence-corrected chi connectivity index (χ2v) is 6.77. The predicted octanol–water partition coefficient (Wildman–Crippen LogP) is 3.61. The number of carboxylic acid groups (broad SMARTS) is 1. The summed E-state index contributed by atoms with van der Waals surface area (Å²) in [7, 11) is 0. The Bertz CT molecular complexity index is 1250. The van der Waals surface area contributed by atoms with Crippen LogP contribution in [0.25, 0.3) is 16.6 Å². The third-order valence-corrected chi connectivity index (χ3v) is 4.58. The van der Waals surface area contributed by atoms with E-state index in [-0.39, 0.29) is 13.2 Å². The van der Waals surface area contributed by atoms with Crippen molar-refractivity contribution >= 4 is 16.9 Å². The minimum Gasteiger partial charge on any atom is -0.487 e. The molecule has 1 N–H and O–H groups in total. The van der Waals surface area contributed by atoms with Gasteiger partial charge >= 0.3 is 12.1 Å². The van der Waals surface area contributed by atoms with E-state index in [2.05, 4.69) is 15.3 Å². The topological polar surface area (TPSA) is 95.1 Å². The molecule has 0 amide bonds. The summed E-state index contributed by atoms with van der Waals surface area (Å²) in [5, 5.41) is 22.2. The Morgan fingerprint density at radius 2 is 1.87 bits per heavy atom. The second kappa shape index (κ2) is 7.74. The third-order valence-electron chi connectivity index (χ3n) is 4.58. The number of ether oxygens (including phenoxy) is 1. The molecule has 160 valence electrons. The molecule has 2 heterocycles. The lowest BCUT2D eigenvalue weighted by molar-refractivity contribution is -0.138. The molecule has 0 aliphatic rings. The molecule has 0 saturated heterocycles. The van der Waals surface area contributed by atoms with E-state index in [9.17, 15) is 18.0 Å². The monoisotopic (exact) mass is 431 g/mol. The van der Waals surface area contributed by atoms with Gasteiger partial charge in [0.1, 0.15) is 24.6 Å². The summed E-state index contributed by atoms with van der Waals surface area (Å²) in [6.07, 6.45) is -2.85. The summed E-state index contributed by atoms with van der Waals surface area (Å²) in [5.41, 5.74) is 1.43. The van der Waals surface area contributed by atoms with Crippen molar-refractivity contribution in [2.45, 2.75) is 26.3 Å². The Morgan fingerprint density at radius 3 is 2.55 bits per heavy atom. The number of fused-ring (bicyclic) bond motifs is 1. The fourth-order valence-electron chi connectivity index (χ4n) is 3.00. The number of aromatic nitrogens is 5. The van der Waals surface area contributed by atoms with Gasteiger partial charge in [0.25, 0.3) is 0 Å². The van der Waals surface area contributed by atoms with Crippen LogP contribution in [0.2, 0.25) is 0 Å². The van der Waals surface area contributed by atoms with Gasteiger partial charge in [-0.1, -0.05) is 0 Å². The van der Waals surface area contributed by atoms with Crippen LogP contribution in [0, 0.1) is 6.92 Å². The predicted molar refractivity (Wildman–Crippen MR) is 103 cm³/mol. The van der Waals surface area contributed by atoms with Gasteiger partial charge in [-0.15, -0.1) is 5.10 Å². The number of alkyl halides is 3. The summed E-state index contributed by atoms with van der Waals surface area (Å²) >= 11 is 0. The minimum atomic E-state index is -4.41. The van der Waals surface area contributed by atoms with Crippen molar-refractivity contribution in [2.75, 3.05) is 0 Å². The lowest BCUT2D eigenvalue weighted by Crippen LogP contribution is -2.09. The SMILES string of the molecule is Cc1nn(-c2ccc(C(F)(F)F)cc2)nc1COc1ccc2c(cnn2CC(=O)O)c1. The maximum atomic E-state index is 12.7. The smallest absolute Gasteiger partial charge is 0.416 e. The van der Waals surface area contributed by atoms with E-state index < -0.39 is 17.7 Å². The Balaban J connectivity index is 1.48. The lowest BCUT2D eigenvalue weighted by Gasteiger charge is -2.07. The fourth-order valence-corrected chi connectivity index (χ4v) is 3.00. The van der Waals surface area contributed by atoms with Gasteiger partial charge in [0, 0.05) is 5.39 Å². The van der Waals surface area contributed by atoms with E-state index >= 15 is 0 Å². The summed E-state index contributed by atoms with van der Waals surface area (Å²) in [4.78, 5) is 12.1. The van der Waals surface area contributed by atoms with Crippen molar-refractivity contribution in [1.29, 1.82) is 0 Å². The van der Waals surface area contributed by atoms with E-state index in [0.717, 1.165) is 17.5 Å². The molecule has 8 nitrogen and oxygen atoms in total. The number of nitrogens with zero attached hydrogens (tertiary/aromatic N) is 5. The average molecular weight is 431 g/mol. The number of rotatable bonds is 6. The van der Waals surface area contributed by atoms with Gasteiger partial charge in [-0.05, 0) is 49.4 Å². The Labute approximate surface area is 173 Å². The number of benzene rings is 2. The maximum Gasteiger partial charge on any atom is 0.416 e. The first-order valence-corrected chi connectivity index (χ1v) is 9.11. The van der Waals surface area contributed by atoms with Crippen molar-refractivity contribution < 1.29 is 27.8 Å². The highest BCUT2D eigenvalue weighted by Crippen LogP contribution is 2.29. The Kier molecular flexibility index (Phi) is 5.09. The van der Waals surface area contributed by atoms with Gasteiger partial charge in [0.15, 0.2) is 0 Å². The molecule has 0 aliphatic heterocycles. The van der Waals surface area contributed by atoms with Crippen molar-refractivity contribution in [1.82, 2.24) is 24.8 Å². The maximum absolute atomic E-state index is 12.7. The van der Waals surface area contributed by atoms with Crippen LogP contribution in [0.1, 0.15) is 17.0 Å².